The minimum atomic E-state index is -4.97. The highest BCUT2D eigenvalue weighted by Crippen LogP contribution is 2.37. The fourth-order valence-corrected chi connectivity index (χ4v) is 4.42. The molecule has 2 aromatic carbocycles. The molecule has 9 heteroatoms. The largest absolute Gasteiger partial charge is 0.453 e. The molecule has 2 aromatic rings. The number of amides is 1. The summed E-state index contributed by atoms with van der Waals surface area (Å²) in [5, 5.41) is 0. The van der Waals surface area contributed by atoms with E-state index < -0.39 is 36.1 Å². The number of ether oxygens (including phenoxy) is 1. The van der Waals surface area contributed by atoms with Gasteiger partial charge in [-0.15, -0.1) is 0 Å². The van der Waals surface area contributed by atoms with Crippen LogP contribution in [0.1, 0.15) is 84.4 Å². The van der Waals surface area contributed by atoms with Gasteiger partial charge in [-0.05, 0) is 78.6 Å². The Bertz CT molecular complexity index is 1010. The number of aryl methyl sites for hydroxylation is 2. The highest BCUT2D eigenvalue weighted by atomic mass is 19.4. The first kappa shape index (κ1) is 29.5. The van der Waals surface area contributed by atoms with Crippen LogP contribution >= 0.6 is 0 Å². The van der Waals surface area contributed by atoms with Crippen molar-refractivity contribution in [2.24, 2.45) is 0 Å². The number of carbonyl (C=O) groups is 1. The average molecular weight is 518 g/mol. The molecule has 0 aliphatic heterocycles. The summed E-state index contributed by atoms with van der Waals surface area (Å²) in [5.74, 6) is 0.221. The van der Waals surface area contributed by atoms with Crippen molar-refractivity contribution in [3.8, 4) is 0 Å². The summed E-state index contributed by atoms with van der Waals surface area (Å²) in [6, 6.07) is 5.37. The van der Waals surface area contributed by atoms with Crippen molar-refractivity contribution in [2.75, 3.05) is 7.11 Å². The van der Waals surface area contributed by atoms with Gasteiger partial charge >= 0.3 is 18.4 Å². The minimum Gasteiger partial charge on any atom is -0.453 e. The number of rotatable bonds is 9. The zero-order valence-electron chi connectivity index (χ0n) is 21.2. The van der Waals surface area contributed by atoms with Crippen LogP contribution in [0, 0.1) is 13.8 Å². The van der Waals surface area contributed by atoms with Gasteiger partial charge in [-0.1, -0.05) is 38.8 Å². The highest BCUT2D eigenvalue weighted by Gasteiger charge is 2.37. The summed E-state index contributed by atoms with van der Waals surface area (Å²) in [7, 11) is 1.13. The Kier molecular flexibility index (Phi) is 9.85. The van der Waals surface area contributed by atoms with E-state index in [2.05, 4.69) is 19.9 Å². The molecule has 0 N–H and O–H groups in total. The topological polar surface area (TPSA) is 29.5 Å². The molecule has 0 saturated carbocycles. The third kappa shape index (κ3) is 7.64. The number of nitrogens with zero attached hydrogens (tertiary/aromatic N) is 1. The van der Waals surface area contributed by atoms with Crippen LogP contribution in [0.15, 0.2) is 30.3 Å². The van der Waals surface area contributed by atoms with Gasteiger partial charge in [0.25, 0.3) is 0 Å². The van der Waals surface area contributed by atoms with Crippen molar-refractivity contribution >= 4 is 6.09 Å². The van der Waals surface area contributed by atoms with Crippen molar-refractivity contribution in [1.82, 2.24) is 4.90 Å². The Morgan fingerprint density at radius 1 is 0.833 bits per heavy atom. The molecular weight excluding hydrogens is 484 g/mol. The van der Waals surface area contributed by atoms with Crippen LogP contribution in [-0.4, -0.2) is 18.1 Å². The summed E-state index contributed by atoms with van der Waals surface area (Å²) in [6.07, 6.45) is -7.05. The van der Waals surface area contributed by atoms with Gasteiger partial charge < -0.3 is 4.74 Å². The monoisotopic (exact) mass is 517 g/mol. The first-order chi connectivity index (χ1) is 16.7. The van der Waals surface area contributed by atoms with Crippen molar-refractivity contribution in [1.29, 1.82) is 0 Å². The molecule has 0 unspecified atom stereocenters. The van der Waals surface area contributed by atoms with Gasteiger partial charge in [-0.3, -0.25) is 4.90 Å². The normalized spacial score (nSPS) is 12.2. The molecule has 0 aliphatic carbocycles. The summed E-state index contributed by atoms with van der Waals surface area (Å²) in [4.78, 5) is 13.8. The van der Waals surface area contributed by atoms with Crippen LogP contribution in [0.3, 0.4) is 0 Å². The minimum absolute atomic E-state index is 0.00927. The molecule has 0 spiro atoms. The van der Waals surface area contributed by atoms with E-state index in [1.165, 1.54) is 0 Å². The van der Waals surface area contributed by atoms with E-state index >= 15 is 0 Å². The maximum absolute atomic E-state index is 13.3. The molecule has 2 rings (SSSR count). The Balaban J connectivity index is 2.56. The summed E-state index contributed by atoms with van der Waals surface area (Å²) in [5.41, 5.74) is 0.762. The fraction of sp³-hybridized carbons (Fsp3) is 0.519. The van der Waals surface area contributed by atoms with E-state index in [1.807, 2.05) is 19.9 Å². The molecule has 0 fully saturated rings. The van der Waals surface area contributed by atoms with Gasteiger partial charge in [0, 0.05) is 13.1 Å². The predicted octanol–water partition coefficient (Wildman–Crippen LogP) is 8.79. The molecule has 0 heterocycles. The standard InChI is InChI=1S/C27H33F6NO2/c1-6-8-20(9-7-2)24-11-18(4)17(3)10-21(24)16-34(25(35)36-5)15-19-12-22(26(28,29)30)14-23(13-19)27(31,32)33/h10-14,20H,6-9,15-16H2,1-5H3. The number of hydrogen-bond donors (Lipinski definition) is 0. The number of methoxy groups -OCH3 is 1. The Morgan fingerprint density at radius 2 is 1.33 bits per heavy atom. The zero-order chi connectivity index (χ0) is 27.3. The van der Waals surface area contributed by atoms with Crippen LogP contribution in [0.2, 0.25) is 0 Å². The molecular formula is C27H33F6NO2. The zero-order valence-corrected chi connectivity index (χ0v) is 21.2. The molecule has 0 aliphatic rings. The Hall–Kier alpha value is -2.71. The second kappa shape index (κ2) is 12.0. The fourth-order valence-electron chi connectivity index (χ4n) is 4.42. The van der Waals surface area contributed by atoms with E-state index in [4.69, 9.17) is 4.74 Å². The van der Waals surface area contributed by atoms with E-state index in [0.717, 1.165) is 59.9 Å². The van der Waals surface area contributed by atoms with Crippen LogP contribution in [-0.2, 0) is 30.2 Å². The molecule has 36 heavy (non-hydrogen) atoms. The van der Waals surface area contributed by atoms with Gasteiger partial charge in [0.2, 0.25) is 0 Å². The van der Waals surface area contributed by atoms with Crippen molar-refractivity contribution < 1.29 is 35.9 Å². The van der Waals surface area contributed by atoms with Gasteiger partial charge in [0.1, 0.15) is 0 Å². The molecule has 0 radical (unpaired) electrons. The summed E-state index contributed by atoms with van der Waals surface area (Å²) < 4.78 is 84.9. The lowest BCUT2D eigenvalue weighted by Crippen LogP contribution is -2.31. The van der Waals surface area contributed by atoms with Gasteiger partial charge in [-0.2, -0.15) is 26.3 Å². The Morgan fingerprint density at radius 3 is 1.78 bits per heavy atom. The molecule has 0 bridgehead atoms. The predicted molar refractivity (Wildman–Crippen MR) is 127 cm³/mol. The average Bonchev–Trinajstić information content (AvgIpc) is 2.78. The second-order valence-corrected chi connectivity index (χ2v) is 9.15. The maximum Gasteiger partial charge on any atom is 0.416 e. The lowest BCUT2D eigenvalue weighted by Gasteiger charge is -2.27. The van der Waals surface area contributed by atoms with Crippen LogP contribution in [0.4, 0.5) is 31.1 Å². The second-order valence-electron chi connectivity index (χ2n) is 9.15. The first-order valence-electron chi connectivity index (χ1n) is 11.9. The van der Waals surface area contributed by atoms with Gasteiger partial charge in [0.15, 0.2) is 0 Å². The van der Waals surface area contributed by atoms with Crippen molar-refractivity contribution in [3.05, 3.63) is 69.3 Å². The first-order valence-corrected chi connectivity index (χ1v) is 11.9. The molecule has 200 valence electrons. The molecule has 3 nitrogen and oxygen atoms in total. The number of alkyl halides is 6. The SMILES string of the molecule is CCCC(CCC)c1cc(C)c(C)cc1CN(Cc1cc(C(F)(F)F)cc(C(F)(F)F)c1)C(=O)OC. The van der Waals surface area contributed by atoms with E-state index in [0.29, 0.717) is 12.1 Å². The van der Waals surface area contributed by atoms with Crippen LogP contribution in [0.25, 0.3) is 0 Å². The summed E-state index contributed by atoms with van der Waals surface area (Å²) in [6.45, 7) is 7.58. The number of hydrogen-bond acceptors (Lipinski definition) is 2. The molecule has 1 amide bonds. The molecule has 0 atom stereocenters. The van der Waals surface area contributed by atoms with Crippen molar-refractivity contribution in [3.63, 3.8) is 0 Å². The van der Waals surface area contributed by atoms with Gasteiger partial charge in [-0.25, -0.2) is 4.79 Å². The number of benzene rings is 2. The van der Waals surface area contributed by atoms with E-state index in [-0.39, 0.29) is 24.1 Å². The van der Waals surface area contributed by atoms with Gasteiger partial charge in [0.05, 0.1) is 18.2 Å². The lowest BCUT2D eigenvalue weighted by atomic mass is 9.85. The van der Waals surface area contributed by atoms with Crippen LogP contribution in [0.5, 0.6) is 0 Å². The third-order valence-electron chi connectivity index (χ3n) is 6.28. The third-order valence-corrected chi connectivity index (χ3v) is 6.28. The molecule has 0 saturated heterocycles. The number of carbonyl (C=O) groups excluding carboxylic acids is 1. The van der Waals surface area contributed by atoms with Crippen molar-refractivity contribution in [2.45, 2.75) is 84.7 Å². The van der Waals surface area contributed by atoms with E-state index in [1.54, 1.807) is 0 Å². The highest BCUT2D eigenvalue weighted by molar-refractivity contribution is 5.67. The maximum atomic E-state index is 13.3. The lowest BCUT2D eigenvalue weighted by molar-refractivity contribution is -0.143. The summed E-state index contributed by atoms with van der Waals surface area (Å²) >= 11 is 0. The van der Waals surface area contributed by atoms with Crippen LogP contribution < -0.4 is 0 Å². The number of halogens is 6. The smallest absolute Gasteiger partial charge is 0.416 e. The Labute approximate surface area is 208 Å². The van der Waals surface area contributed by atoms with E-state index in [9.17, 15) is 31.1 Å². The molecule has 0 aromatic heterocycles. The quantitative estimate of drug-likeness (QED) is 0.311.